The molecule has 0 radical (unpaired) electrons. The Hall–Kier alpha value is -3.76. The molecule has 2 heterocycles. The van der Waals surface area contributed by atoms with Crippen LogP contribution in [0.1, 0.15) is 12.5 Å². The number of para-hydroxylation sites is 1. The van der Waals surface area contributed by atoms with Crippen molar-refractivity contribution in [1.82, 2.24) is 9.55 Å². The van der Waals surface area contributed by atoms with Gasteiger partial charge in [0.05, 0.1) is 27.5 Å². The standard InChI is InChI=1S/C26H22FN3O4S2/c1-2-34-19-10-11-21-23(13-19)35-26(28-21)29-25(31)15-30-14-24(20-8-3-4-9-22(20)30)36(32,33)16-17-6-5-7-18(27)12-17/h3-14H,2,15-16H2,1H3,(H,28,29,31). The van der Waals surface area contributed by atoms with E-state index in [1.165, 1.54) is 35.7 Å². The van der Waals surface area contributed by atoms with Crippen LogP contribution in [0.3, 0.4) is 0 Å². The summed E-state index contributed by atoms with van der Waals surface area (Å²) in [7, 11) is -3.80. The van der Waals surface area contributed by atoms with E-state index >= 15 is 0 Å². The monoisotopic (exact) mass is 523 g/mol. The zero-order valence-corrected chi connectivity index (χ0v) is 20.9. The molecule has 0 atom stereocenters. The van der Waals surface area contributed by atoms with Crippen LogP contribution in [0.2, 0.25) is 0 Å². The van der Waals surface area contributed by atoms with Crippen LogP contribution >= 0.6 is 11.3 Å². The molecular weight excluding hydrogens is 501 g/mol. The molecule has 1 amide bonds. The van der Waals surface area contributed by atoms with Crippen LogP contribution in [0.15, 0.2) is 77.8 Å². The third-order valence-corrected chi connectivity index (χ3v) is 8.21. The number of aromatic nitrogens is 2. The molecule has 184 valence electrons. The van der Waals surface area contributed by atoms with Gasteiger partial charge in [0.15, 0.2) is 15.0 Å². The number of sulfone groups is 1. The average molecular weight is 524 g/mol. The van der Waals surface area contributed by atoms with Gasteiger partial charge in [0.25, 0.3) is 0 Å². The van der Waals surface area contributed by atoms with Gasteiger partial charge >= 0.3 is 0 Å². The number of amides is 1. The third-order valence-electron chi connectivity index (χ3n) is 5.56. The van der Waals surface area contributed by atoms with E-state index in [2.05, 4.69) is 10.3 Å². The van der Waals surface area contributed by atoms with E-state index < -0.39 is 15.7 Å². The van der Waals surface area contributed by atoms with Gasteiger partial charge < -0.3 is 14.6 Å². The molecule has 0 unspecified atom stereocenters. The summed E-state index contributed by atoms with van der Waals surface area (Å²) in [6.45, 7) is 2.36. The number of hydrogen-bond donors (Lipinski definition) is 1. The van der Waals surface area contributed by atoms with Crippen molar-refractivity contribution in [3.05, 3.63) is 84.3 Å². The number of thiazole rings is 1. The second-order valence-electron chi connectivity index (χ2n) is 8.16. The summed E-state index contributed by atoms with van der Waals surface area (Å²) in [5.74, 6) is -0.447. The molecule has 5 aromatic rings. The molecule has 10 heteroatoms. The minimum Gasteiger partial charge on any atom is -0.494 e. The second kappa shape index (κ2) is 9.71. The van der Waals surface area contributed by atoms with E-state index in [0.717, 1.165) is 16.0 Å². The molecule has 7 nitrogen and oxygen atoms in total. The first-order valence-electron chi connectivity index (χ1n) is 11.2. The molecule has 0 aliphatic carbocycles. The fourth-order valence-corrected chi connectivity index (χ4v) is 6.52. The summed E-state index contributed by atoms with van der Waals surface area (Å²) in [6.07, 6.45) is 1.46. The summed E-state index contributed by atoms with van der Waals surface area (Å²) in [5.41, 5.74) is 1.71. The molecule has 0 bridgehead atoms. The van der Waals surface area contributed by atoms with Crippen molar-refractivity contribution in [3.63, 3.8) is 0 Å². The Labute approximate surface area is 211 Å². The zero-order valence-electron chi connectivity index (χ0n) is 19.3. The lowest BCUT2D eigenvalue weighted by Crippen LogP contribution is -2.18. The summed E-state index contributed by atoms with van der Waals surface area (Å²) >= 11 is 1.33. The van der Waals surface area contributed by atoms with E-state index in [-0.39, 0.29) is 23.1 Å². The van der Waals surface area contributed by atoms with Crippen LogP contribution in [0.5, 0.6) is 5.75 Å². The molecular formula is C26H22FN3O4S2. The third kappa shape index (κ3) is 4.95. The van der Waals surface area contributed by atoms with Crippen molar-refractivity contribution in [2.75, 3.05) is 11.9 Å². The molecule has 36 heavy (non-hydrogen) atoms. The minimum atomic E-state index is -3.80. The van der Waals surface area contributed by atoms with E-state index in [4.69, 9.17) is 4.74 Å². The van der Waals surface area contributed by atoms with Crippen molar-refractivity contribution in [3.8, 4) is 5.75 Å². The molecule has 0 aliphatic rings. The summed E-state index contributed by atoms with van der Waals surface area (Å²) in [6, 6.07) is 18.1. The number of nitrogens with one attached hydrogen (secondary N) is 1. The number of halogens is 1. The predicted molar refractivity (Wildman–Crippen MR) is 139 cm³/mol. The molecule has 0 saturated carbocycles. The van der Waals surface area contributed by atoms with E-state index in [1.807, 2.05) is 25.1 Å². The highest BCUT2D eigenvalue weighted by molar-refractivity contribution is 7.90. The van der Waals surface area contributed by atoms with Crippen molar-refractivity contribution in [1.29, 1.82) is 0 Å². The second-order valence-corrected chi connectivity index (χ2v) is 11.1. The van der Waals surface area contributed by atoms with E-state index in [0.29, 0.717) is 28.2 Å². The van der Waals surface area contributed by atoms with Gasteiger partial charge in [-0.1, -0.05) is 41.7 Å². The molecule has 0 aliphatic heterocycles. The average Bonchev–Trinajstić information content (AvgIpc) is 3.40. The van der Waals surface area contributed by atoms with Crippen LogP contribution in [-0.2, 0) is 26.9 Å². The van der Waals surface area contributed by atoms with Crippen LogP contribution in [0.25, 0.3) is 21.1 Å². The van der Waals surface area contributed by atoms with Crippen molar-refractivity contribution in [2.45, 2.75) is 24.1 Å². The first kappa shape index (κ1) is 24.0. The van der Waals surface area contributed by atoms with Gasteiger partial charge in [0, 0.05) is 17.1 Å². The smallest absolute Gasteiger partial charge is 0.246 e. The Morgan fingerprint density at radius 3 is 2.75 bits per heavy atom. The Bertz CT molecular complexity index is 1690. The molecule has 0 fully saturated rings. The maximum absolute atomic E-state index is 13.6. The van der Waals surface area contributed by atoms with Crippen LogP contribution in [-0.4, -0.2) is 30.5 Å². The molecule has 0 spiro atoms. The Balaban J connectivity index is 1.40. The predicted octanol–water partition coefficient (Wildman–Crippen LogP) is 5.40. The van der Waals surface area contributed by atoms with Gasteiger partial charge in [-0.15, -0.1) is 0 Å². The molecule has 3 aromatic carbocycles. The lowest BCUT2D eigenvalue weighted by Gasteiger charge is -2.05. The lowest BCUT2D eigenvalue weighted by atomic mass is 10.2. The number of hydrogen-bond acceptors (Lipinski definition) is 6. The molecule has 0 saturated heterocycles. The molecule has 1 N–H and O–H groups in total. The maximum Gasteiger partial charge on any atom is 0.246 e. The quantitative estimate of drug-likeness (QED) is 0.294. The number of nitrogens with zero attached hydrogens (tertiary/aromatic N) is 2. The highest BCUT2D eigenvalue weighted by Gasteiger charge is 2.23. The number of carbonyl (C=O) groups is 1. The van der Waals surface area contributed by atoms with Crippen molar-refractivity contribution in [2.24, 2.45) is 0 Å². The topological polar surface area (TPSA) is 90.3 Å². The number of anilines is 1. The van der Waals surface area contributed by atoms with Gasteiger partial charge in [0.2, 0.25) is 5.91 Å². The van der Waals surface area contributed by atoms with Crippen molar-refractivity contribution >= 4 is 53.3 Å². The van der Waals surface area contributed by atoms with Gasteiger partial charge in [-0.05, 0) is 48.9 Å². The number of fused-ring (bicyclic) bond motifs is 2. The van der Waals surface area contributed by atoms with E-state index in [9.17, 15) is 17.6 Å². The van der Waals surface area contributed by atoms with Crippen LogP contribution in [0, 0.1) is 5.82 Å². The summed E-state index contributed by atoms with van der Waals surface area (Å²) in [4.78, 5) is 17.4. The van der Waals surface area contributed by atoms with Crippen LogP contribution in [0.4, 0.5) is 9.52 Å². The number of rotatable bonds is 8. The Morgan fingerprint density at radius 1 is 1.11 bits per heavy atom. The lowest BCUT2D eigenvalue weighted by molar-refractivity contribution is -0.116. The molecule has 2 aromatic heterocycles. The summed E-state index contributed by atoms with van der Waals surface area (Å²) < 4.78 is 48.1. The Kier molecular flexibility index (Phi) is 6.46. The SMILES string of the molecule is CCOc1ccc2nc(NC(=O)Cn3cc(S(=O)(=O)Cc4cccc(F)c4)c4ccccc43)sc2c1. The number of ether oxygens (including phenoxy) is 1. The van der Waals surface area contributed by atoms with Gasteiger partial charge in [-0.2, -0.15) is 0 Å². The van der Waals surface area contributed by atoms with Crippen LogP contribution < -0.4 is 10.1 Å². The van der Waals surface area contributed by atoms with Gasteiger partial charge in [-0.3, -0.25) is 4.79 Å². The fraction of sp³-hybridized carbons (Fsp3) is 0.154. The Morgan fingerprint density at radius 2 is 1.94 bits per heavy atom. The number of benzene rings is 3. The first-order chi connectivity index (χ1) is 17.3. The fourth-order valence-electron chi connectivity index (χ4n) is 4.04. The van der Waals surface area contributed by atoms with E-state index in [1.54, 1.807) is 34.9 Å². The molecule has 5 rings (SSSR count). The summed E-state index contributed by atoms with van der Waals surface area (Å²) in [5, 5.41) is 3.75. The highest BCUT2D eigenvalue weighted by atomic mass is 32.2. The number of carbonyl (C=O) groups excluding carboxylic acids is 1. The highest BCUT2D eigenvalue weighted by Crippen LogP contribution is 2.30. The largest absolute Gasteiger partial charge is 0.494 e. The first-order valence-corrected chi connectivity index (χ1v) is 13.7. The van der Waals surface area contributed by atoms with Crippen molar-refractivity contribution < 1.29 is 22.3 Å². The van der Waals surface area contributed by atoms with Gasteiger partial charge in [0.1, 0.15) is 18.1 Å². The minimum absolute atomic E-state index is 0.0959. The normalized spacial score (nSPS) is 11.7. The maximum atomic E-state index is 13.6. The van der Waals surface area contributed by atoms with Gasteiger partial charge in [-0.25, -0.2) is 17.8 Å². The zero-order chi connectivity index (χ0) is 25.3.